The summed E-state index contributed by atoms with van der Waals surface area (Å²) in [6.45, 7) is 0.302. The van der Waals surface area contributed by atoms with Gasteiger partial charge >= 0.3 is 6.09 Å². The van der Waals surface area contributed by atoms with Gasteiger partial charge in [0.1, 0.15) is 11.6 Å². The van der Waals surface area contributed by atoms with Crippen LogP contribution < -0.4 is 38.5 Å². The van der Waals surface area contributed by atoms with Crippen LogP contribution in [0.3, 0.4) is 0 Å². The summed E-state index contributed by atoms with van der Waals surface area (Å²) in [6.07, 6.45) is -0.422. The molecule has 1 heterocycles. The quantitative estimate of drug-likeness (QED) is 0.243. The number of nitrogens with two attached hydrogens (primary N) is 4. The van der Waals surface area contributed by atoms with Gasteiger partial charge in [0, 0.05) is 20.0 Å². The average molecular weight is 377 g/mol. The molecule has 1 aromatic carbocycles. The van der Waals surface area contributed by atoms with Gasteiger partial charge in [-0.25, -0.2) is 14.7 Å². The highest BCUT2D eigenvalue weighted by Crippen LogP contribution is 2.19. The van der Waals surface area contributed by atoms with Gasteiger partial charge in [0.2, 0.25) is 11.7 Å². The second kappa shape index (κ2) is 11.0. The van der Waals surface area contributed by atoms with Crippen molar-refractivity contribution in [2.24, 2.45) is 5.73 Å². The number of nitrogens with one attached hydrogen (secondary N) is 2. The topological polar surface area (TPSA) is 194 Å². The summed E-state index contributed by atoms with van der Waals surface area (Å²) in [6, 6.07) is 9.88. The van der Waals surface area contributed by atoms with E-state index >= 15 is 0 Å². The maximum Gasteiger partial charge on any atom is 0.450 e. The van der Waals surface area contributed by atoms with Crippen molar-refractivity contribution in [2.75, 3.05) is 36.1 Å². The van der Waals surface area contributed by atoms with Crippen LogP contribution in [0.25, 0.3) is 0 Å². The zero-order valence-corrected chi connectivity index (χ0v) is 14.8. The summed E-state index contributed by atoms with van der Waals surface area (Å²) in [5, 5.41) is 4.77. The van der Waals surface area contributed by atoms with Gasteiger partial charge in [-0.15, -0.1) is 0 Å². The Hall–Kier alpha value is -3.73. The lowest BCUT2D eigenvalue weighted by atomic mass is 10.3. The minimum Gasteiger partial charge on any atom is -0.396 e. The Labute approximate surface area is 155 Å². The third kappa shape index (κ3) is 7.79. The summed E-state index contributed by atoms with van der Waals surface area (Å²) in [7, 11) is 1.43. The summed E-state index contributed by atoms with van der Waals surface area (Å²) >= 11 is 0. The predicted molar refractivity (Wildman–Crippen MR) is 102 cm³/mol. The van der Waals surface area contributed by atoms with Crippen molar-refractivity contribution in [3.05, 3.63) is 36.4 Å². The zero-order chi connectivity index (χ0) is 20.2. The lowest BCUT2D eigenvalue weighted by molar-refractivity contribution is -0.141. The van der Waals surface area contributed by atoms with Gasteiger partial charge in [-0.1, -0.05) is 12.1 Å². The summed E-state index contributed by atoms with van der Waals surface area (Å²) in [5.74, 6) is 0.709. The van der Waals surface area contributed by atoms with Crippen LogP contribution in [0, 0.1) is 0 Å². The minimum atomic E-state index is -0.678. The van der Waals surface area contributed by atoms with Gasteiger partial charge in [-0.3, -0.25) is 9.68 Å². The fourth-order valence-corrected chi connectivity index (χ4v) is 1.57. The van der Waals surface area contributed by atoms with Crippen molar-refractivity contribution in [1.29, 1.82) is 0 Å². The van der Waals surface area contributed by atoms with Crippen molar-refractivity contribution in [3.63, 3.8) is 0 Å². The Balaban J connectivity index is 0.000000271. The van der Waals surface area contributed by atoms with Crippen molar-refractivity contribution in [2.45, 2.75) is 6.42 Å². The molecule has 146 valence electrons. The van der Waals surface area contributed by atoms with E-state index in [1.807, 2.05) is 0 Å². The highest BCUT2D eigenvalue weighted by molar-refractivity contribution is 5.90. The lowest BCUT2D eigenvalue weighted by Gasteiger charge is -2.05. The standard InChI is InChI=1S/C8H13N5O.C8H10N2O3/c9-4-3-7(14)12-6-2-1-5(10)8(11)13-6;1-10-8(11)13-12-7-5-3-2-4-6(7)9/h1-2H,3-4,9-10H2,(H3,11,12,13,14);2-5H,9H2,1H3,(H,10,11). The molecule has 0 saturated heterocycles. The number of hydrogen-bond acceptors (Lipinski definition) is 9. The molecule has 0 radical (unpaired) electrons. The number of anilines is 4. The van der Waals surface area contributed by atoms with Crippen LogP contribution in [0.4, 0.5) is 27.8 Å². The number of nitrogens with zero attached hydrogens (tertiary/aromatic N) is 1. The van der Waals surface area contributed by atoms with E-state index in [1.165, 1.54) is 7.05 Å². The average Bonchev–Trinajstić information content (AvgIpc) is 2.64. The van der Waals surface area contributed by atoms with Gasteiger partial charge < -0.3 is 33.6 Å². The SMILES string of the molecule is CNC(=O)OOc1ccccc1N.NCCC(=O)Nc1ccc(N)c(N)n1. The molecule has 0 spiro atoms. The van der Waals surface area contributed by atoms with E-state index in [9.17, 15) is 9.59 Å². The van der Waals surface area contributed by atoms with Gasteiger partial charge in [0.15, 0.2) is 0 Å². The predicted octanol–water partition coefficient (Wildman–Crippen LogP) is 0.452. The molecule has 0 aliphatic carbocycles. The molecule has 2 aromatic rings. The molecule has 0 aliphatic heterocycles. The normalized spacial score (nSPS) is 9.41. The fourth-order valence-electron chi connectivity index (χ4n) is 1.57. The summed E-state index contributed by atoms with van der Waals surface area (Å²) < 4.78 is 0. The van der Waals surface area contributed by atoms with Gasteiger partial charge in [0.25, 0.3) is 0 Å². The number of aromatic nitrogens is 1. The largest absolute Gasteiger partial charge is 0.450 e. The van der Waals surface area contributed by atoms with Crippen LogP contribution >= 0.6 is 0 Å². The molecular formula is C16H23N7O4. The van der Waals surface area contributed by atoms with Crippen LogP contribution in [-0.4, -0.2) is 30.6 Å². The van der Waals surface area contributed by atoms with E-state index in [-0.39, 0.29) is 18.1 Å². The first-order valence-corrected chi connectivity index (χ1v) is 7.80. The maximum absolute atomic E-state index is 11.1. The van der Waals surface area contributed by atoms with E-state index in [1.54, 1.807) is 36.4 Å². The molecule has 11 nitrogen and oxygen atoms in total. The van der Waals surface area contributed by atoms with Crippen LogP contribution in [0.2, 0.25) is 0 Å². The molecular weight excluding hydrogens is 354 g/mol. The van der Waals surface area contributed by atoms with Crippen molar-refractivity contribution < 1.29 is 19.4 Å². The van der Waals surface area contributed by atoms with Crippen molar-refractivity contribution >= 4 is 35.0 Å². The smallest absolute Gasteiger partial charge is 0.396 e. The van der Waals surface area contributed by atoms with Crippen LogP contribution in [0.1, 0.15) is 6.42 Å². The Bertz CT molecular complexity index is 770. The Morgan fingerprint density at radius 3 is 2.37 bits per heavy atom. The summed E-state index contributed by atoms with van der Waals surface area (Å²) in [5.41, 5.74) is 22.4. The first kappa shape index (κ1) is 21.3. The van der Waals surface area contributed by atoms with Gasteiger partial charge in [-0.2, -0.15) is 0 Å². The maximum atomic E-state index is 11.1. The molecule has 11 heteroatoms. The summed E-state index contributed by atoms with van der Waals surface area (Å²) in [4.78, 5) is 34.6. The number of pyridine rings is 1. The highest BCUT2D eigenvalue weighted by atomic mass is 17.2. The van der Waals surface area contributed by atoms with Crippen molar-refractivity contribution in [1.82, 2.24) is 10.3 Å². The third-order valence-electron chi connectivity index (χ3n) is 2.93. The van der Waals surface area contributed by atoms with Gasteiger partial charge in [-0.05, 0) is 24.3 Å². The number of nitrogen functional groups attached to an aromatic ring is 3. The number of hydrogen-bond donors (Lipinski definition) is 6. The molecule has 27 heavy (non-hydrogen) atoms. The molecule has 2 rings (SSSR count). The van der Waals surface area contributed by atoms with Crippen LogP contribution in [0.15, 0.2) is 36.4 Å². The highest BCUT2D eigenvalue weighted by Gasteiger charge is 2.04. The third-order valence-corrected chi connectivity index (χ3v) is 2.93. The van der Waals surface area contributed by atoms with E-state index in [0.717, 1.165) is 0 Å². The first-order chi connectivity index (χ1) is 12.9. The fraction of sp³-hybridized carbons (Fsp3) is 0.188. The van der Waals surface area contributed by atoms with Crippen LogP contribution in [0.5, 0.6) is 5.75 Å². The number of amides is 2. The number of rotatable bonds is 5. The number of carbonyl (C=O) groups is 2. The molecule has 2 amide bonds. The molecule has 0 unspecified atom stereocenters. The molecule has 0 bridgehead atoms. The monoisotopic (exact) mass is 377 g/mol. The lowest BCUT2D eigenvalue weighted by Crippen LogP contribution is -2.21. The first-order valence-electron chi connectivity index (χ1n) is 7.80. The molecule has 10 N–H and O–H groups in total. The zero-order valence-electron chi connectivity index (χ0n) is 14.8. The van der Waals surface area contributed by atoms with Gasteiger partial charge in [0.05, 0.1) is 11.4 Å². The molecule has 0 atom stereocenters. The van der Waals surface area contributed by atoms with E-state index < -0.39 is 6.09 Å². The molecule has 1 aromatic heterocycles. The number of carbonyl (C=O) groups excluding carboxylic acids is 2. The number of para-hydroxylation sites is 2. The Kier molecular flexibility index (Phi) is 8.68. The molecule has 0 aliphatic rings. The molecule has 0 saturated carbocycles. The van der Waals surface area contributed by atoms with E-state index in [4.69, 9.17) is 22.9 Å². The van der Waals surface area contributed by atoms with Crippen LogP contribution in [-0.2, 0) is 9.68 Å². The second-order valence-corrected chi connectivity index (χ2v) is 5.00. The van der Waals surface area contributed by atoms with E-state index in [0.29, 0.717) is 29.5 Å². The second-order valence-electron chi connectivity index (χ2n) is 5.00. The Morgan fingerprint density at radius 2 is 1.78 bits per heavy atom. The number of benzene rings is 1. The minimum absolute atomic E-state index is 0.191. The van der Waals surface area contributed by atoms with Crippen molar-refractivity contribution in [3.8, 4) is 5.75 Å². The molecule has 0 fully saturated rings. The Morgan fingerprint density at radius 1 is 1.07 bits per heavy atom. The van der Waals surface area contributed by atoms with E-state index in [2.05, 4.69) is 25.4 Å².